The van der Waals surface area contributed by atoms with E-state index in [9.17, 15) is 8.42 Å². The zero-order chi connectivity index (χ0) is 34.5. The Kier molecular flexibility index (Phi) is 10.9. The van der Waals surface area contributed by atoms with Crippen LogP contribution >= 0.6 is 0 Å². The summed E-state index contributed by atoms with van der Waals surface area (Å²) < 4.78 is 46.8. The van der Waals surface area contributed by atoms with Gasteiger partial charge in [-0.05, 0) is 52.0 Å². The number of nitrogens with zero attached hydrogens (tertiary/aromatic N) is 2. The van der Waals surface area contributed by atoms with E-state index in [4.69, 9.17) is 18.9 Å². The number of hydrogen-bond donors (Lipinski definition) is 4. The number of anilines is 4. The van der Waals surface area contributed by atoms with Gasteiger partial charge in [-0.25, -0.2) is 0 Å². The third-order valence-corrected chi connectivity index (χ3v) is 10.8. The minimum atomic E-state index is -1.19. The molecule has 256 valence electrons. The molecule has 48 heavy (non-hydrogen) atoms. The lowest BCUT2D eigenvalue weighted by Crippen LogP contribution is -2.29. The first-order valence-corrected chi connectivity index (χ1v) is 18.0. The van der Waals surface area contributed by atoms with Crippen molar-refractivity contribution in [2.75, 3.05) is 49.7 Å². The third kappa shape index (κ3) is 7.44. The van der Waals surface area contributed by atoms with Crippen LogP contribution in [-0.4, -0.2) is 57.8 Å². The van der Waals surface area contributed by atoms with Crippen LogP contribution in [0.1, 0.15) is 33.6 Å². The summed E-state index contributed by atoms with van der Waals surface area (Å²) in [6.07, 6.45) is 3.51. The topological polar surface area (TPSA) is 145 Å². The van der Waals surface area contributed by atoms with Crippen molar-refractivity contribution in [2.45, 2.75) is 50.2 Å². The number of rotatable bonds is 10. The van der Waals surface area contributed by atoms with E-state index in [-0.39, 0.29) is 11.0 Å². The van der Waals surface area contributed by atoms with E-state index in [1.807, 2.05) is 64.1 Å². The van der Waals surface area contributed by atoms with E-state index >= 15 is 0 Å². The third-order valence-electron chi connectivity index (χ3n) is 8.18. The molecular weight excluding hydrogens is 653 g/mol. The molecule has 0 amide bonds. The van der Waals surface area contributed by atoms with Gasteiger partial charge in [0.1, 0.15) is 23.0 Å². The van der Waals surface area contributed by atoms with Gasteiger partial charge in [0.05, 0.1) is 95.7 Å². The highest BCUT2D eigenvalue weighted by Crippen LogP contribution is 2.35. The summed E-state index contributed by atoms with van der Waals surface area (Å²) in [5.41, 5.74) is 8.27. The highest BCUT2D eigenvalue weighted by Gasteiger charge is 2.27. The number of hydrogen-bond acceptors (Lipinski definition) is 12. The molecule has 4 atom stereocenters. The highest BCUT2D eigenvalue weighted by molar-refractivity contribution is 7.85. The van der Waals surface area contributed by atoms with E-state index in [1.165, 1.54) is 0 Å². The smallest absolute Gasteiger partial charge is 0.175 e. The van der Waals surface area contributed by atoms with Gasteiger partial charge in [0, 0.05) is 46.8 Å². The van der Waals surface area contributed by atoms with Gasteiger partial charge in [0.25, 0.3) is 0 Å². The quantitative estimate of drug-likeness (QED) is 0.165. The minimum Gasteiger partial charge on any atom is -0.497 e. The van der Waals surface area contributed by atoms with Crippen molar-refractivity contribution < 1.29 is 27.4 Å². The highest BCUT2D eigenvalue weighted by atomic mass is 32.2. The summed E-state index contributed by atoms with van der Waals surface area (Å²) in [4.78, 5) is 8.85. The zero-order valence-electron chi connectivity index (χ0n) is 28.3. The molecule has 2 unspecified atom stereocenters. The SMILES string of the molecule is COc1ccc2c(c1)NC([S@](=O)Cc1ncc(C)c(OC)c1C)N2.COc1ccc2c(c1)N[C@@H](S(=O)Cc1ncc(C)c(OC)c1C)N2. The summed E-state index contributed by atoms with van der Waals surface area (Å²) >= 11 is 0. The molecule has 2 aliphatic rings. The lowest BCUT2D eigenvalue weighted by atomic mass is 10.1. The number of aryl methyl sites for hydroxylation is 2. The molecule has 0 bridgehead atoms. The number of ether oxygens (including phenoxy) is 4. The Bertz CT molecular complexity index is 1720. The minimum absolute atomic E-state index is 0.345. The number of benzene rings is 2. The molecule has 4 N–H and O–H groups in total. The number of pyridine rings is 2. The van der Waals surface area contributed by atoms with Crippen molar-refractivity contribution in [3.8, 4) is 23.0 Å². The predicted molar refractivity (Wildman–Crippen MR) is 192 cm³/mol. The van der Waals surface area contributed by atoms with Crippen LogP contribution in [0.15, 0.2) is 48.8 Å². The van der Waals surface area contributed by atoms with Crippen LogP contribution in [0.3, 0.4) is 0 Å². The average Bonchev–Trinajstić information content (AvgIpc) is 3.72. The van der Waals surface area contributed by atoms with Crippen molar-refractivity contribution >= 4 is 44.3 Å². The van der Waals surface area contributed by atoms with E-state index in [2.05, 4.69) is 31.2 Å². The summed E-state index contributed by atoms with van der Waals surface area (Å²) in [5, 5.41) is 13.0. The number of fused-ring (bicyclic) bond motifs is 2. The average molecular weight is 695 g/mol. The van der Waals surface area contributed by atoms with E-state index in [1.54, 1.807) is 40.8 Å². The van der Waals surface area contributed by atoms with E-state index < -0.39 is 21.6 Å². The molecule has 0 saturated heterocycles. The maximum Gasteiger partial charge on any atom is 0.175 e. The van der Waals surface area contributed by atoms with Crippen LogP contribution in [0, 0.1) is 27.7 Å². The Balaban J connectivity index is 0.000000188. The maximum absolute atomic E-state index is 12.7. The summed E-state index contributed by atoms with van der Waals surface area (Å²) in [6.45, 7) is 7.79. The number of methoxy groups -OCH3 is 4. The van der Waals surface area contributed by atoms with Gasteiger partial charge in [-0.3, -0.25) is 18.4 Å². The molecule has 0 saturated carbocycles. The molecule has 12 nitrogen and oxygen atoms in total. The Hall–Kier alpha value is -4.56. The van der Waals surface area contributed by atoms with Gasteiger partial charge < -0.3 is 40.2 Å². The molecule has 6 rings (SSSR count). The van der Waals surface area contributed by atoms with Crippen molar-refractivity contribution in [1.82, 2.24) is 9.97 Å². The standard InChI is InChI=1S/2C17H21N3O3S/c2*1-10-8-18-15(11(2)16(10)23-4)9-24(21)17-19-13-6-5-12(22-3)7-14(13)20-17/h2*5-8,17,19-20H,9H2,1-4H3/t17?,24-;17-,24?/m10/s1. The van der Waals surface area contributed by atoms with Crippen molar-refractivity contribution in [3.63, 3.8) is 0 Å². The molecule has 0 aliphatic carbocycles. The first-order valence-electron chi connectivity index (χ1n) is 15.2. The second-order valence-electron chi connectivity index (χ2n) is 11.3. The fraction of sp³-hybridized carbons (Fsp3) is 0.353. The number of aromatic nitrogens is 2. The van der Waals surface area contributed by atoms with Crippen LogP contribution in [0.5, 0.6) is 23.0 Å². The fourth-order valence-electron chi connectivity index (χ4n) is 5.56. The van der Waals surface area contributed by atoms with Gasteiger partial charge >= 0.3 is 0 Å². The molecule has 0 spiro atoms. The summed E-state index contributed by atoms with van der Waals surface area (Å²) in [7, 11) is 4.15. The monoisotopic (exact) mass is 694 g/mol. The molecule has 0 fully saturated rings. The van der Waals surface area contributed by atoms with Gasteiger partial charge in [0.15, 0.2) is 11.0 Å². The molecule has 14 heteroatoms. The van der Waals surface area contributed by atoms with E-state index in [0.717, 1.165) is 79.4 Å². The zero-order valence-corrected chi connectivity index (χ0v) is 30.0. The van der Waals surface area contributed by atoms with Crippen LogP contribution in [-0.2, 0) is 33.1 Å². The van der Waals surface area contributed by atoms with Crippen LogP contribution in [0.4, 0.5) is 22.7 Å². The van der Waals surface area contributed by atoms with Crippen molar-refractivity contribution in [2.24, 2.45) is 0 Å². The van der Waals surface area contributed by atoms with Gasteiger partial charge in [-0.1, -0.05) is 0 Å². The fourth-order valence-corrected chi connectivity index (χ4v) is 8.05. The van der Waals surface area contributed by atoms with E-state index in [0.29, 0.717) is 11.5 Å². The Morgan fingerprint density at radius 1 is 0.583 bits per heavy atom. The van der Waals surface area contributed by atoms with Gasteiger partial charge in [-0.15, -0.1) is 0 Å². The molecule has 0 radical (unpaired) electrons. The molecule has 2 aromatic carbocycles. The van der Waals surface area contributed by atoms with Gasteiger partial charge in [-0.2, -0.15) is 0 Å². The first-order chi connectivity index (χ1) is 23.1. The lowest BCUT2D eigenvalue weighted by molar-refractivity contribution is 0.407. The van der Waals surface area contributed by atoms with Crippen molar-refractivity contribution in [3.05, 3.63) is 82.4 Å². The first kappa shape index (κ1) is 34.8. The predicted octanol–water partition coefficient (Wildman–Crippen LogP) is 5.57. The lowest BCUT2D eigenvalue weighted by Gasteiger charge is -2.15. The van der Waals surface area contributed by atoms with Crippen molar-refractivity contribution in [1.29, 1.82) is 0 Å². The van der Waals surface area contributed by atoms with Crippen LogP contribution < -0.4 is 40.2 Å². The van der Waals surface area contributed by atoms with Crippen LogP contribution in [0.25, 0.3) is 0 Å². The molecule has 4 heterocycles. The maximum atomic E-state index is 12.7. The number of nitrogens with one attached hydrogen (secondary N) is 4. The Morgan fingerprint density at radius 2 is 0.958 bits per heavy atom. The van der Waals surface area contributed by atoms with Crippen LogP contribution in [0.2, 0.25) is 0 Å². The molecule has 4 aromatic rings. The normalized spacial score (nSPS) is 16.8. The molecule has 2 aromatic heterocycles. The summed E-state index contributed by atoms with van der Waals surface area (Å²) in [6, 6.07) is 11.3. The molecule has 2 aliphatic heterocycles. The summed E-state index contributed by atoms with van der Waals surface area (Å²) in [5.74, 6) is 3.82. The Morgan fingerprint density at radius 3 is 1.31 bits per heavy atom. The molecular formula is C34H42N6O6S2. The second-order valence-corrected chi connectivity index (χ2v) is 14.3. The second kappa shape index (κ2) is 15.1. The Labute approximate surface area is 286 Å². The largest absolute Gasteiger partial charge is 0.497 e. The van der Waals surface area contributed by atoms with Gasteiger partial charge in [0.2, 0.25) is 0 Å².